The Hall–Kier alpha value is -4.70. The number of ether oxygens (including phenoxy) is 3. The van der Waals surface area contributed by atoms with Gasteiger partial charge in [0.2, 0.25) is 5.91 Å². The molecule has 0 bridgehead atoms. The molecular weight excluding hydrogens is 552 g/mol. The number of amides is 2. The van der Waals surface area contributed by atoms with Crippen LogP contribution in [0.5, 0.6) is 11.5 Å². The number of rotatable bonds is 17. The van der Waals surface area contributed by atoms with Crippen molar-refractivity contribution < 1.29 is 38.5 Å². The van der Waals surface area contributed by atoms with Crippen molar-refractivity contribution in [2.45, 2.75) is 51.5 Å². The largest absolute Gasteiger partial charge is 0.494 e. The molecule has 3 rings (SSSR count). The third-order valence-corrected chi connectivity index (χ3v) is 6.49. The van der Waals surface area contributed by atoms with Crippen LogP contribution in [0.25, 0.3) is 0 Å². The minimum atomic E-state index is -1.20. The second-order valence-electron chi connectivity index (χ2n) is 9.95. The molecule has 0 aliphatic heterocycles. The molecule has 0 radical (unpaired) electrons. The Morgan fingerprint density at radius 2 is 1.42 bits per heavy atom. The van der Waals surface area contributed by atoms with Crippen molar-refractivity contribution in [3.8, 4) is 11.5 Å². The van der Waals surface area contributed by atoms with Gasteiger partial charge in [0.25, 0.3) is 5.91 Å². The van der Waals surface area contributed by atoms with E-state index in [0.717, 1.165) is 12.8 Å². The second-order valence-corrected chi connectivity index (χ2v) is 9.95. The predicted octanol–water partition coefficient (Wildman–Crippen LogP) is 5.27. The highest BCUT2D eigenvalue weighted by molar-refractivity contribution is 5.98. The Balaban J connectivity index is 1.49. The van der Waals surface area contributed by atoms with Crippen molar-refractivity contribution >= 4 is 29.4 Å². The number of benzene rings is 3. The van der Waals surface area contributed by atoms with Crippen LogP contribution in [0.15, 0.2) is 72.8 Å². The fourth-order valence-electron chi connectivity index (χ4n) is 4.15. The van der Waals surface area contributed by atoms with E-state index in [0.29, 0.717) is 34.9 Å². The molecule has 1 unspecified atom stereocenters. The summed E-state index contributed by atoms with van der Waals surface area (Å²) < 4.78 is 16.0. The van der Waals surface area contributed by atoms with Crippen molar-refractivity contribution in [2.75, 3.05) is 25.6 Å². The lowest BCUT2D eigenvalue weighted by atomic mass is 10.0. The van der Waals surface area contributed by atoms with Crippen LogP contribution in [0.4, 0.5) is 5.69 Å². The third-order valence-electron chi connectivity index (χ3n) is 6.49. The molecule has 3 aromatic rings. The first-order valence-electron chi connectivity index (χ1n) is 14.3. The number of aliphatic carboxylic acids is 1. The van der Waals surface area contributed by atoms with Gasteiger partial charge in [0.1, 0.15) is 24.1 Å². The Morgan fingerprint density at radius 1 is 0.791 bits per heavy atom. The van der Waals surface area contributed by atoms with Gasteiger partial charge < -0.3 is 30.0 Å². The molecule has 0 spiro atoms. The minimum absolute atomic E-state index is 0.0144. The Labute approximate surface area is 251 Å². The van der Waals surface area contributed by atoms with Gasteiger partial charge in [-0.1, -0.05) is 44.7 Å². The summed E-state index contributed by atoms with van der Waals surface area (Å²) in [7, 11) is 1.41. The zero-order valence-electron chi connectivity index (χ0n) is 24.5. The standard InChI is InChI=1S/C33H38N2O8/c1-3-4-5-6-7-20-42-27-18-12-25(13-19-27)33(40)43-28-16-8-23(9-17-28)21-29(32(38)39)35-31(37)24-10-14-26(15-11-24)34-30(36)22-41-2/h8-19,29H,3-7,20-22H2,1-2H3,(H,34,36)(H,35,37)(H,38,39). The van der Waals surface area contributed by atoms with Crippen molar-refractivity contribution in [3.63, 3.8) is 0 Å². The number of hydrogen-bond donors (Lipinski definition) is 3. The highest BCUT2D eigenvalue weighted by Crippen LogP contribution is 2.18. The van der Waals surface area contributed by atoms with Crippen LogP contribution in [0, 0.1) is 0 Å². The molecule has 3 aromatic carbocycles. The van der Waals surface area contributed by atoms with Gasteiger partial charge in [-0.15, -0.1) is 0 Å². The van der Waals surface area contributed by atoms with Gasteiger partial charge in [-0.05, 0) is 72.6 Å². The van der Waals surface area contributed by atoms with Crippen LogP contribution in [0.3, 0.4) is 0 Å². The van der Waals surface area contributed by atoms with Crippen LogP contribution >= 0.6 is 0 Å². The Morgan fingerprint density at radius 3 is 2.05 bits per heavy atom. The van der Waals surface area contributed by atoms with Crippen molar-refractivity contribution in [2.24, 2.45) is 0 Å². The number of carboxylic acids is 1. The van der Waals surface area contributed by atoms with Crippen molar-refractivity contribution in [1.29, 1.82) is 0 Å². The summed E-state index contributed by atoms with van der Waals surface area (Å²) >= 11 is 0. The van der Waals surface area contributed by atoms with E-state index < -0.39 is 23.9 Å². The summed E-state index contributed by atoms with van der Waals surface area (Å²) in [6.45, 7) is 2.71. The molecule has 2 amide bonds. The fraction of sp³-hybridized carbons (Fsp3) is 0.333. The fourth-order valence-corrected chi connectivity index (χ4v) is 4.15. The molecular formula is C33H38N2O8. The number of hydrogen-bond acceptors (Lipinski definition) is 7. The number of carbonyl (C=O) groups excluding carboxylic acids is 3. The van der Waals surface area contributed by atoms with Crippen LogP contribution in [0.2, 0.25) is 0 Å². The molecule has 0 fully saturated rings. The maximum Gasteiger partial charge on any atom is 0.343 e. The first-order chi connectivity index (χ1) is 20.8. The summed E-state index contributed by atoms with van der Waals surface area (Å²) in [4.78, 5) is 48.7. The highest BCUT2D eigenvalue weighted by atomic mass is 16.5. The second kappa shape index (κ2) is 17.3. The average Bonchev–Trinajstić information content (AvgIpc) is 3.00. The van der Waals surface area contributed by atoms with E-state index in [2.05, 4.69) is 17.6 Å². The van der Waals surface area contributed by atoms with E-state index >= 15 is 0 Å². The van der Waals surface area contributed by atoms with E-state index in [-0.39, 0.29) is 24.5 Å². The quantitative estimate of drug-likeness (QED) is 0.110. The van der Waals surface area contributed by atoms with E-state index in [1.165, 1.54) is 50.6 Å². The number of methoxy groups -OCH3 is 1. The van der Waals surface area contributed by atoms with E-state index in [1.54, 1.807) is 48.5 Å². The number of carboxylic acid groups (broad SMARTS) is 1. The third kappa shape index (κ3) is 11.2. The SMILES string of the molecule is CCCCCCCOc1ccc(C(=O)Oc2ccc(CC(NC(=O)c3ccc(NC(=O)COC)cc3)C(=O)O)cc2)cc1. The van der Waals surface area contributed by atoms with Crippen LogP contribution in [-0.2, 0) is 20.7 Å². The van der Waals surface area contributed by atoms with Gasteiger partial charge in [0.05, 0.1) is 12.2 Å². The first kappa shape index (κ1) is 32.8. The lowest BCUT2D eigenvalue weighted by Gasteiger charge is -2.15. The maximum absolute atomic E-state index is 12.7. The average molecular weight is 591 g/mol. The summed E-state index contributed by atoms with van der Waals surface area (Å²) in [5, 5.41) is 14.8. The van der Waals surface area contributed by atoms with Crippen LogP contribution in [0.1, 0.15) is 65.3 Å². The molecule has 3 N–H and O–H groups in total. The molecule has 0 saturated heterocycles. The number of unbranched alkanes of at least 4 members (excludes halogenated alkanes) is 4. The summed E-state index contributed by atoms with van der Waals surface area (Å²) in [5.41, 5.74) is 1.71. The number of esters is 1. The minimum Gasteiger partial charge on any atom is -0.494 e. The monoisotopic (exact) mass is 590 g/mol. The molecule has 0 aromatic heterocycles. The van der Waals surface area contributed by atoms with Gasteiger partial charge in [0.15, 0.2) is 0 Å². The Kier molecular flexibility index (Phi) is 13.2. The molecule has 0 saturated carbocycles. The predicted molar refractivity (Wildman–Crippen MR) is 162 cm³/mol. The van der Waals surface area contributed by atoms with Gasteiger partial charge in [-0.3, -0.25) is 9.59 Å². The lowest BCUT2D eigenvalue weighted by Crippen LogP contribution is -2.42. The lowest BCUT2D eigenvalue weighted by molar-refractivity contribution is -0.139. The maximum atomic E-state index is 12.7. The molecule has 0 aliphatic carbocycles. The number of nitrogens with one attached hydrogen (secondary N) is 2. The molecule has 228 valence electrons. The van der Waals surface area contributed by atoms with E-state index in [4.69, 9.17) is 14.2 Å². The van der Waals surface area contributed by atoms with Gasteiger partial charge in [-0.25, -0.2) is 9.59 Å². The van der Waals surface area contributed by atoms with Gasteiger partial charge >= 0.3 is 11.9 Å². The van der Waals surface area contributed by atoms with Crippen LogP contribution in [-0.4, -0.2) is 55.2 Å². The van der Waals surface area contributed by atoms with Crippen LogP contribution < -0.4 is 20.1 Å². The number of carbonyl (C=O) groups is 4. The summed E-state index contributed by atoms with van der Waals surface area (Å²) in [5.74, 6) is -1.64. The Bertz CT molecular complexity index is 1340. The smallest absolute Gasteiger partial charge is 0.343 e. The van der Waals surface area contributed by atoms with E-state index in [1.807, 2.05) is 0 Å². The topological polar surface area (TPSA) is 140 Å². The van der Waals surface area contributed by atoms with Crippen molar-refractivity contribution in [3.05, 3.63) is 89.5 Å². The highest BCUT2D eigenvalue weighted by Gasteiger charge is 2.21. The van der Waals surface area contributed by atoms with E-state index in [9.17, 15) is 24.3 Å². The molecule has 10 nitrogen and oxygen atoms in total. The van der Waals surface area contributed by atoms with Gasteiger partial charge in [0, 0.05) is 24.8 Å². The summed E-state index contributed by atoms with van der Waals surface area (Å²) in [6, 6.07) is 18.0. The molecule has 0 aliphatic rings. The zero-order valence-corrected chi connectivity index (χ0v) is 24.5. The summed E-state index contributed by atoms with van der Waals surface area (Å²) in [6.07, 6.45) is 5.78. The first-order valence-corrected chi connectivity index (χ1v) is 14.3. The normalized spacial score (nSPS) is 11.3. The molecule has 1 atom stereocenters. The number of anilines is 1. The molecule has 10 heteroatoms. The molecule has 43 heavy (non-hydrogen) atoms. The zero-order chi connectivity index (χ0) is 31.0. The van der Waals surface area contributed by atoms with Gasteiger partial charge in [-0.2, -0.15) is 0 Å². The van der Waals surface area contributed by atoms with Crippen molar-refractivity contribution in [1.82, 2.24) is 5.32 Å². The molecule has 0 heterocycles.